The highest BCUT2D eigenvalue weighted by Crippen LogP contribution is 2.31. The quantitative estimate of drug-likeness (QED) is 0.766. The molecule has 0 bridgehead atoms. The monoisotopic (exact) mass is 220 g/mol. The Bertz CT molecular complexity index is 524. The van der Waals surface area contributed by atoms with E-state index in [2.05, 4.69) is 0 Å². The summed E-state index contributed by atoms with van der Waals surface area (Å²) in [6.07, 6.45) is 2.30. The molecule has 2 unspecified atom stereocenters. The number of aliphatic hydroxyl groups excluding tert-OH is 1. The average Bonchev–Trinajstić information content (AvgIpc) is 2.15. The van der Waals surface area contributed by atoms with Gasteiger partial charge in [-0.1, -0.05) is 12.2 Å². The summed E-state index contributed by atoms with van der Waals surface area (Å²) in [5, 5.41) is 9.70. The number of carbonyl (C=O) groups is 1. The highest BCUT2D eigenvalue weighted by atomic mass is 16.4. The summed E-state index contributed by atoms with van der Waals surface area (Å²) in [4.78, 5) is 22.7. The normalized spacial score (nSPS) is 22.9. The van der Waals surface area contributed by atoms with Crippen LogP contribution in [0.1, 0.15) is 29.7 Å². The molecular weight excluding hydrogens is 208 g/mol. The average molecular weight is 220 g/mol. The Morgan fingerprint density at radius 1 is 1.50 bits per heavy atom. The summed E-state index contributed by atoms with van der Waals surface area (Å²) in [6.45, 7) is 3.15. The lowest BCUT2D eigenvalue weighted by atomic mass is 9.86. The van der Waals surface area contributed by atoms with Gasteiger partial charge in [-0.05, 0) is 19.4 Å². The zero-order valence-electron chi connectivity index (χ0n) is 9.06. The van der Waals surface area contributed by atoms with E-state index in [4.69, 9.17) is 4.42 Å². The Morgan fingerprint density at radius 3 is 2.81 bits per heavy atom. The van der Waals surface area contributed by atoms with Crippen molar-refractivity contribution in [3.05, 3.63) is 39.4 Å². The third-order valence-corrected chi connectivity index (χ3v) is 2.76. The molecule has 0 fully saturated rings. The molecule has 0 aromatic carbocycles. The van der Waals surface area contributed by atoms with Gasteiger partial charge in [-0.15, -0.1) is 0 Å². The lowest BCUT2D eigenvalue weighted by molar-refractivity contribution is -0.120. The number of hydrogen-bond acceptors (Lipinski definition) is 4. The first-order valence-electron chi connectivity index (χ1n) is 5.02. The summed E-state index contributed by atoms with van der Waals surface area (Å²) in [5.74, 6) is -0.716. The molecule has 0 spiro atoms. The molecule has 1 aliphatic rings. The first-order chi connectivity index (χ1) is 7.50. The molecule has 1 aromatic rings. The fourth-order valence-electron chi connectivity index (χ4n) is 1.97. The van der Waals surface area contributed by atoms with Crippen LogP contribution in [0, 0.1) is 6.92 Å². The van der Waals surface area contributed by atoms with Gasteiger partial charge in [0.2, 0.25) is 0 Å². The fourth-order valence-corrected chi connectivity index (χ4v) is 1.97. The van der Waals surface area contributed by atoms with E-state index in [1.807, 2.05) is 0 Å². The molecule has 1 heterocycles. The van der Waals surface area contributed by atoms with E-state index in [1.54, 1.807) is 19.1 Å². The van der Waals surface area contributed by atoms with Gasteiger partial charge in [0.15, 0.2) is 0 Å². The Morgan fingerprint density at radius 2 is 2.19 bits per heavy atom. The van der Waals surface area contributed by atoms with Crippen molar-refractivity contribution in [2.45, 2.75) is 25.9 Å². The molecule has 0 radical (unpaired) electrons. The van der Waals surface area contributed by atoms with Crippen LogP contribution in [-0.2, 0) is 4.79 Å². The highest BCUT2D eigenvalue weighted by Gasteiger charge is 2.32. The van der Waals surface area contributed by atoms with Crippen molar-refractivity contribution in [1.82, 2.24) is 0 Å². The van der Waals surface area contributed by atoms with E-state index in [1.165, 1.54) is 13.0 Å². The molecule has 16 heavy (non-hydrogen) atoms. The van der Waals surface area contributed by atoms with E-state index in [9.17, 15) is 14.7 Å². The van der Waals surface area contributed by atoms with Gasteiger partial charge < -0.3 is 9.52 Å². The van der Waals surface area contributed by atoms with Crippen molar-refractivity contribution in [1.29, 1.82) is 0 Å². The second kappa shape index (κ2) is 3.72. The first kappa shape index (κ1) is 10.8. The van der Waals surface area contributed by atoms with E-state index >= 15 is 0 Å². The molecule has 4 nitrogen and oxygen atoms in total. The van der Waals surface area contributed by atoms with Gasteiger partial charge in [0.05, 0.1) is 6.10 Å². The van der Waals surface area contributed by atoms with Gasteiger partial charge in [-0.2, -0.15) is 0 Å². The predicted octanol–water partition coefficient (Wildman–Crippen LogP) is 1.01. The third-order valence-electron chi connectivity index (χ3n) is 2.76. The lowest BCUT2D eigenvalue weighted by Gasteiger charge is -2.22. The molecule has 0 saturated carbocycles. The molecule has 0 saturated heterocycles. The molecule has 2 atom stereocenters. The maximum absolute atomic E-state index is 11.4. The Hall–Kier alpha value is -1.68. The minimum absolute atomic E-state index is 0.216. The number of hydrogen-bond donors (Lipinski definition) is 1. The van der Waals surface area contributed by atoms with Crippen LogP contribution in [0.2, 0.25) is 0 Å². The van der Waals surface area contributed by atoms with E-state index in [-0.39, 0.29) is 11.5 Å². The van der Waals surface area contributed by atoms with Crippen LogP contribution in [0.5, 0.6) is 0 Å². The molecular formula is C12H12O4. The molecule has 4 heteroatoms. The Kier molecular flexibility index (Phi) is 2.52. The Labute approximate surface area is 92.2 Å². The van der Waals surface area contributed by atoms with Crippen LogP contribution in [0.15, 0.2) is 21.4 Å². The third kappa shape index (κ3) is 1.61. The van der Waals surface area contributed by atoms with Crippen molar-refractivity contribution >= 4 is 11.9 Å². The molecule has 2 rings (SSSR count). The topological polar surface area (TPSA) is 67.5 Å². The van der Waals surface area contributed by atoms with Gasteiger partial charge in [-0.25, -0.2) is 4.79 Å². The van der Waals surface area contributed by atoms with Crippen molar-refractivity contribution < 1.29 is 14.3 Å². The highest BCUT2D eigenvalue weighted by molar-refractivity contribution is 5.86. The Balaban J connectivity index is 2.69. The largest absolute Gasteiger partial charge is 0.426 e. The van der Waals surface area contributed by atoms with Gasteiger partial charge in [0.25, 0.3) is 0 Å². The zero-order valence-corrected chi connectivity index (χ0v) is 9.06. The standard InChI is InChI=1S/C12H12O4/c1-6-5-10(15)16-12-8(6)3-4-9(14)11(12)7(2)13/h3-5,9,11,14H,1-2H3. The minimum Gasteiger partial charge on any atom is -0.426 e. The van der Waals surface area contributed by atoms with Crippen LogP contribution in [0.3, 0.4) is 0 Å². The number of fused-ring (bicyclic) bond motifs is 1. The smallest absolute Gasteiger partial charge is 0.336 e. The van der Waals surface area contributed by atoms with E-state index in [0.717, 1.165) is 5.56 Å². The van der Waals surface area contributed by atoms with Gasteiger partial charge in [0, 0.05) is 11.6 Å². The number of carbonyl (C=O) groups excluding carboxylic acids is 1. The second-order valence-electron chi connectivity index (χ2n) is 3.96. The number of Topliss-reactive ketones (excluding diaryl/α,β-unsaturated/α-hetero) is 1. The van der Waals surface area contributed by atoms with Crippen LogP contribution < -0.4 is 5.63 Å². The van der Waals surface area contributed by atoms with Crippen molar-refractivity contribution in [2.24, 2.45) is 0 Å². The van der Waals surface area contributed by atoms with Crippen molar-refractivity contribution in [2.75, 3.05) is 0 Å². The van der Waals surface area contributed by atoms with Crippen molar-refractivity contribution in [3.8, 4) is 0 Å². The van der Waals surface area contributed by atoms with Crippen LogP contribution in [-0.4, -0.2) is 17.0 Å². The van der Waals surface area contributed by atoms with E-state index in [0.29, 0.717) is 5.56 Å². The fraction of sp³-hybridized carbons (Fsp3) is 0.333. The molecule has 0 aliphatic heterocycles. The maximum atomic E-state index is 11.4. The summed E-state index contributed by atoms with van der Waals surface area (Å²) >= 11 is 0. The number of aliphatic hydroxyl groups is 1. The van der Waals surface area contributed by atoms with Crippen LogP contribution in [0.25, 0.3) is 6.08 Å². The van der Waals surface area contributed by atoms with Gasteiger partial charge in [-0.3, -0.25) is 4.79 Å². The molecule has 84 valence electrons. The SMILES string of the molecule is CC(=O)C1c2oc(=O)cc(C)c2C=CC1O. The van der Waals surface area contributed by atoms with Crippen LogP contribution >= 0.6 is 0 Å². The number of aryl methyl sites for hydroxylation is 1. The number of ketones is 1. The summed E-state index contributed by atoms with van der Waals surface area (Å²) < 4.78 is 5.04. The van der Waals surface area contributed by atoms with Crippen molar-refractivity contribution in [3.63, 3.8) is 0 Å². The predicted molar refractivity (Wildman–Crippen MR) is 58.2 cm³/mol. The van der Waals surface area contributed by atoms with E-state index < -0.39 is 17.6 Å². The minimum atomic E-state index is -0.921. The summed E-state index contributed by atoms with van der Waals surface area (Å²) in [5.41, 5.74) is 0.968. The molecule has 1 aliphatic carbocycles. The van der Waals surface area contributed by atoms with Gasteiger partial charge in [0.1, 0.15) is 17.5 Å². The first-order valence-corrected chi connectivity index (χ1v) is 5.02. The summed E-state index contributed by atoms with van der Waals surface area (Å²) in [7, 11) is 0. The second-order valence-corrected chi connectivity index (χ2v) is 3.96. The molecule has 1 N–H and O–H groups in total. The van der Waals surface area contributed by atoms with Crippen LogP contribution in [0.4, 0.5) is 0 Å². The number of rotatable bonds is 1. The molecule has 0 amide bonds. The zero-order chi connectivity index (χ0) is 11.9. The maximum Gasteiger partial charge on any atom is 0.336 e. The van der Waals surface area contributed by atoms with Gasteiger partial charge >= 0.3 is 5.63 Å². The molecule has 1 aromatic heterocycles. The lowest BCUT2D eigenvalue weighted by Crippen LogP contribution is -2.27. The summed E-state index contributed by atoms with van der Waals surface area (Å²) in [6, 6.07) is 1.37.